The van der Waals surface area contributed by atoms with Crippen molar-refractivity contribution < 1.29 is 0 Å². The zero-order valence-electron chi connectivity index (χ0n) is 13.1. The fourth-order valence-corrected chi connectivity index (χ4v) is 2.86. The molecule has 1 fully saturated rings. The Morgan fingerprint density at radius 2 is 2.15 bits per heavy atom. The molecule has 1 N–H and O–H groups in total. The summed E-state index contributed by atoms with van der Waals surface area (Å²) in [5, 5.41) is 3.32. The van der Waals surface area contributed by atoms with Gasteiger partial charge in [-0.1, -0.05) is 20.8 Å². The van der Waals surface area contributed by atoms with E-state index in [1.165, 1.54) is 19.3 Å². The smallest absolute Gasteiger partial charge is 0.149 e. The molecule has 1 aromatic rings. The standard InChI is InChI=1S/C16H28N4/c1-4-8-18-15-11-17-12-16(19-15)20-9-5-6-14(7-10-20)13(2)3/h11-14H,4-10H2,1-3H3,(H,18,19). The van der Waals surface area contributed by atoms with Crippen molar-refractivity contribution in [3.63, 3.8) is 0 Å². The lowest BCUT2D eigenvalue weighted by Gasteiger charge is -2.22. The third-order valence-corrected chi connectivity index (χ3v) is 4.22. The monoisotopic (exact) mass is 276 g/mol. The van der Waals surface area contributed by atoms with Crippen molar-refractivity contribution in [2.24, 2.45) is 11.8 Å². The van der Waals surface area contributed by atoms with E-state index in [4.69, 9.17) is 4.98 Å². The van der Waals surface area contributed by atoms with Crippen LogP contribution >= 0.6 is 0 Å². The maximum Gasteiger partial charge on any atom is 0.149 e. The highest BCUT2D eigenvalue weighted by atomic mass is 15.2. The second kappa shape index (κ2) is 7.46. The van der Waals surface area contributed by atoms with Gasteiger partial charge in [-0.3, -0.25) is 4.98 Å². The minimum absolute atomic E-state index is 0.790. The van der Waals surface area contributed by atoms with E-state index in [2.05, 4.69) is 36.0 Å². The van der Waals surface area contributed by atoms with Gasteiger partial charge in [0.15, 0.2) is 0 Å². The van der Waals surface area contributed by atoms with Crippen molar-refractivity contribution in [1.82, 2.24) is 9.97 Å². The number of rotatable bonds is 5. The molecule has 0 aliphatic carbocycles. The quantitative estimate of drug-likeness (QED) is 0.892. The second-order valence-corrected chi connectivity index (χ2v) is 6.11. The molecule has 1 aliphatic rings. The van der Waals surface area contributed by atoms with Crippen LogP contribution in [0.25, 0.3) is 0 Å². The summed E-state index contributed by atoms with van der Waals surface area (Å²) >= 11 is 0. The van der Waals surface area contributed by atoms with E-state index in [9.17, 15) is 0 Å². The van der Waals surface area contributed by atoms with Gasteiger partial charge in [0.1, 0.15) is 11.6 Å². The Labute approximate surface area is 123 Å². The Morgan fingerprint density at radius 3 is 2.90 bits per heavy atom. The molecule has 1 atom stereocenters. The van der Waals surface area contributed by atoms with Gasteiger partial charge in [0.25, 0.3) is 0 Å². The van der Waals surface area contributed by atoms with E-state index in [-0.39, 0.29) is 0 Å². The minimum Gasteiger partial charge on any atom is -0.369 e. The fraction of sp³-hybridized carbons (Fsp3) is 0.750. The van der Waals surface area contributed by atoms with Crippen molar-refractivity contribution in [2.45, 2.75) is 46.5 Å². The summed E-state index contributed by atoms with van der Waals surface area (Å²) in [5.41, 5.74) is 0. The number of hydrogen-bond donors (Lipinski definition) is 1. The van der Waals surface area contributed by atoms with Crippen molar-refractivity contribution in [2.75, 3.05) is 29.9 Å². The number of anilines is 2. The lowest BCUT2D eigenvalue weighted by Crippen LogP contribution is -2.26. The summed E-state index contributed by atoms with van der Waals surface area (Å²) in [7, 11) is 0. The van der Waals surface area contributed by atoms with Crippen LogP contribution in [0.5, 0.6) is 0 Å². The second-order valence-electron chi connectivity index (χ2n) is 6.11. The van der Waals surface area contributed by atoms with E-state index in [1.807, 2.05) is 12.4 Å². The van der Waals surface area contributed by atoms with Crippen molar-refractivity contribution in [3.05, 3.63) is 12.4 Å². The van der Waals surface area contributed by atoms with Crippen molar-refractivity contribution >= 4 is 11.6 Å². The number of hydrogen-bond acceptors (Lipinski definition) is 4. The molecule has 112 valence electrons. The molecule has 4 nitrogen and oxygen atoms in total. The average molecular weight is 276 g/mol. The largest absolute Gasteiger partial charge is 0.369 e. The fourth-order valence-electron chi connectivity index (χ4n) is 2.86. The van der Waals surface area contributed by atoms with Crippen LogP contribution < -0.4 is 10.2 Å². The highest BCUT2D eigenvalue weighted by molar-refractivity contribution is 5.43. The third kappa shape index (κ3) is 4.09. The van der Waals surface area contributed by atoms with Crippen LogP contribution in [0.1, 0.15) is 46.5 Å². The Bertz CT molecular complexity index is 405. The van der Waals surface area contributed by atoms with Crippen molar-refractivity contribution in [3.8, 4) is 0 Å². The molecular weight excluding hydrogens is 248 g/mol. The summed E-state index contributed by atoms with van der Waals surface area (Å²) < 4.78 is 0. The average Bonchev–Trinajstić information content (AvgIpc) is 2.71. The predicted molar refractivity (Wildman–Crippen MR) is 85.2 cm³/mol. The first kappa shape index (κ1) is 15.1. The van der Waals surface area contributed by atoms with Crippen LogP contribution in [0.2, 0.25) is 0 Å². The highest BCUT2D eigenvalue weighted by Gasteiger charge is 2.20. The lowest BCUT2D eigenvalue weighted by molar-refractivity contribution is 0.351. The molecule has 0 radical (unpaired) electrons. The molecule has 4 heteroatoms. The molecule has 0 spiro atoms. The molecule has 20 heavy (non-hydrogen) atoms. The van der Waals surface area contributed by atoms with Crippen LogP contribution in [-0.4, -0.2) is 29.6 Å². The molecular formula is C16H28N4. The van der Waals surface area contributed by atoms with Crippen LogP contribution in [0.4, 0.5) is 11.6 Å². The minimum atomic E-state index is 0.790. The van der Waals surface area contributed by atoms with E-state index in [0.29, 0.717) is 0 Å². The normalized spacial score (nSPS) is 20.0. The Balaban J connectivity index is 2.00. The zero-order valence-corrected chi connectivity index (χ0v) is 13.1. The van der Waals surface area contributed by atoms with E-state index >= 15 is 0 Å². The van der Waals surface area contributed by atoms with Crippen LogP contribution in [0.3, 0.4) is 0 Å². The lowest BCUT2D eigenvalue weighted by atomic mass is 9.89. The highest BCUT2D eigenvalue weighted by Crippen LogP contribution is 2.26. The Hall–Kier alpha value is -1.32. The van der Waals surface area contributed by atoms with Crippen LogP contribution in [0, 0.1) is 11.8 Å². The van der Waals surface area contributed by atoms with E-state index in [1.54, 1.807) is 0 Å². The van der Waals surface area contributed by atoms with E-state index < -0.39 is 0 Å². The first-order chi connectivity index (χ1) is 9.70. The summed E-state index contributed by atoms with van der Waals surface area (Å²) in [6.45, 7) is 10.0. The Kier molecular flexibility index (Phi) is 5.62. The van der Waals surface area contributed by atoms with Gasteiger partial charge in [-0.05, 0) is 37.5 Å². The molecule has 1 unspecified atom stereocenters. The van der Waals surface area contributed by atoms with Gasteiger partial charge in [0.05, 0.1) is 12.4 Å². The number of nitrogens with zero attached hydrogens (tertiary/aromatic N) is 3. The Morgan fingerprint density at radius 1 is 1.30 bits per heavy atom. The first-order valence-corrected chi connectivity index (χ1v) is 8.01. The summed E-state index contributed by atoms with van der Waals surface area (Å²) in [6, 6.07) is 0. The zero-order chi connectivity index (χ0) is 14.4. The SMILES string of the molecule is CCCNc1cncc(N2CCCC(C(C)C)CC2)n1. The molecule has 1 aliphatic heterocycles. The van der Waals surface area contributed by atoms with Gasteiger partial charge in [-0.15, -0.1) is 0 Å². The predicted octanol–water partition coefficient (Wildman–Crippen LogP) is 3.56. The molecule has 0 bridgehead atoms. The van der Waals surface area contributed by atoms with Crippen LogP contribution in [-0.2, 0) is 0 Å². The summed E-state index contributed by atoms with van der Waals surface area (Å²) in [5.74, 6) is 3.57. The van der Waals surface area contributed by atoms with Gasteiger partial charge in [0.2, 0.25) is 0 Å². The van der Waals surface area contributed by atoms with E-state index in [0.717, 1.165) is 49.5 Å². The summed E-state index contributed by atoms with van der Waals surface area (Å²) in [6.07, 6.45) is 8.69. The summed E-state index contributed by atoms with van der Waals surface area (Å²) in [4.78, 5) is 11.4. The van der Waals surface area contributed by atoms with Gasteiger partial charge in [-0.25, -0.2) is 4.98 Å². The molecule has 0 saturated carbocycles. The maximum absolute atomic E-state index is 4.70. The van der Waals surface area contributed by atoms with Gasteiger partial charge >= 0.3 is 0 Å². The van der Waals surface area contributed by atoms with Crippen LogP contribution in [0.15, 0.2) is 12.4 Å². The topological polar surface area (TPSA) is 41.1 Å². The maximum atomic E-state index is 4.70. The van der Waals surface area contributed by atoms with Crippen molar-refractivity contribution in [1.29, 1.82) is 0 Å². The van der Waals surface area contributed by atoms with Gasteiger partial charge < -0.3 is 10.2 Å². The molecule has 2 rings (SSSR count). The van der Waals surface area contributed by atoms with Gasteiger partial charge in [0, 0.05) is 19.6 Å². The number of nitrogens with one attached hydrogen (secondary N) is 1. The molecule has 0 amide bonds. The number of aromatic nitrogens is 2. The molecule has 1 saturated heterocycles. The molecule has 1 aromatic heterocycles. The first-order valence-electron chi connectivity index (χ1n) is 8.01. The molecule has 0 aromatic carbocycles. The van der Waals surface area contributed by atoms with Gasteiger partial charge in [-0.2, -0.15) is 0 Å². The molecule has 2 heterocycles. The third-order valence-electron chi connectivity index (χ3n) is 4.22.